The Morgan fingerprint density at radius 1 is 1.07 bits per heavy atom. The Labute approximate surface area is 164 Å². The zero-order valence-corrected chi connectivity index (χ0v) is 15.9. The fourth-order valence-corrected chi connectivity index (χ4v) is 4.14. The predicted octanol–water partition coefficient (Wildman–Crippen LogP) is 4.56. The second-order valence-electron chi connectivity index (χ2n) is 6.65. The van der Waals surface area contributed by atoms with Crippen molar-refractivity contribution in [1.82, 2.24) is 14.9 Å². The summed E-state index contributed by atoms with van der Waals surface area (Å²) in [6.07, 6.45) is 0. The normalized spacial score (nSPS) is 11.4. The molecule has 0 atom stereocenters. The summed E-state index contributed by atoms with van der Waals surface area (Å²) in [6, 6.07) is 12.5. The molecule has 0 saturated heterocycles. The number of hydrogen-bond donors (Lipinski definition) is 1. The van der Waals surface area contributed by atoms with Gasteiger partial charge in [-0.15, -0.1) is 11.3 Å². The van der Waals surface area contributed by atoms with Crippen molar-refractivity contribution in [2.75, 3.05) is 7.05 Å². The fourth-order valence-electron chi connectivity index (χ4n) is 3.17. The molecule has 0 spiro atoms. The van der Waals surface area contributed by atoms with Crippen molar-refractivity contribution in [3.63, 3.8) is 0 Å². The van der Waals surface area contributed by atoms with Gasteiger partial charge in [0.2, 0.25) is 0 Å². The van der Waals surface area contributed by atoms with E-state index in [1.165, 1.54) is 35.6 Å². The molecule has 0 fully saturated rings. The van der Waals surface area contributed by atoms with Crippen LogP contribution in [0.15, 0.2) is 58.7 Å². The molecule has 2 heterocycles. The van der Waals surface area contributed by atoms with Crippen LogP contribution in [0.3, 0.4) is 0 Å². The van der Waals surface area contributed by atoms with Crippen LogP contribution in [0.4, 0.5) is 8.78 Å². The third-order valence-corrected chi connectivity index (χ3v) is 5.28. The molecular formula is C21H17F2N3OS. The van der Waals surface area contributed by atoms with Gasteiger partial charge in [0.05, 0.1) is 11.9 Å². The number of aromatic amines is 1. The fraction of sp³-hybridized carbons (Fsp3) is 0.143. The maximum atomic E-state index is 13.3. The lowest BCUT2D eigenvalue weighted by atomic mass is 10.1. The Morgan fingerprint density at radius 3 is 2.61 bits per heavy atom. The molecule has 2 aromatic heterocycles. The predicted molar refractivity (Wildman–Crippen MR) is 107 cm³/mol. The standard InChI is InChI=1S/C21H17F2N3OS/c1-26(10-13-3-2-4-16(23)9-13)11-18-24-20(27)19-17(12-28-21(19)25-18)14-5-7-15(22)8-6-14/h2-9,12H,10-11H2,1H3,(H,24,25,27). The molecule has 7 heteroatoms. The second kappa shape index (κ2) is 7.61. The van der Waals surface area contributed by atoms with Crippen LogP contribution >= 0.6 is 11.3 Å². The van der Waals surface area contributed by atoms with Gasteiger partial charge in [-0.05, 0) is 42.4 Å². The summed E-state index contributed by atoms with van der Waals surface area (Å²) in [7, 11) is 1.88. The van der Waals surface area contributed by atoms with E-state index in [9.17, 15) is 13.6 Å². The number of H-pyrrole nitrogens is 1. The average molecular weight is 397 g/mol. The largest absolute Gasteiger partial charge is 0.309 e. The Morgan fingerprint density at radius 2 is 1.86 bits per heavy atom. The first kappa shape index (κ1) is 18.5. The molecule has 1 N–H and O–H groups in total. The topological polar surface area (TPSA) is 49.0 Å². The molecule has 0 aliphatic heterocycles. The lowest BCUT2D eigenvalue weighted by Crippen LogP contribution is -2.21. The van der Waals surface area contributed by atoms with Crippen LogP contribution in [0.1, 0.15) is 11.4 Å². The van der Waals surface area contributed by atoms with Crippen LogP contribution in [0, 0.1) is 11.6 Å². The Balaban J connectivity index is 1.59. The quantitative estimate of drug-likeness (QED) is 0.537. The minimum atomic E-state index is -0.320. The molecule has 0 amide bonds. The van der Waals surface area contributed by atoms with E-state index in [0.717, 1.165) is 16.7 Å². The molecular weight excluding hydrogens is 380 g/mol. The number of nitrogens with one attached hydrogen (secondary N) is 1. The minimum absolute atomic E-state index is 0.222. The number of rotatable bonds is 5. The van der Waals surface area contributed by atoms with Gasteiger partial charge >= 0.3 is 0 Å². The highest BCUT2D eigenvalue weighted by molar-refractivity contribution is 7.17. The lowest BCUT2D eigenvalue weighted by molar-refractivity contribution is 0.310. The summed E-state index contributed by atoms with van der Waals surface area (Å²) < 4.78 is 26.5. The van der Waals surface area contributed by atoms with E-state index in [1.807, 2.05) is 23.4 Å². The zero-order valence-electron chi connectivity index (χ0n) is 15.1. The lowest BCUT2D eigenvalue weighted by Gasteiger charge is -2.16. The van der Waals surface area contributed by atoms with Gasteiger partial charge in [0.25, 0.3) is 5.56 Å². The summed E-state index contributed by atoms with van der Waals surface area (Å²) in [5, 5.41) is 2.37. The first-order valence-corrected chi connectivity index (χ1v) is 9.57. The molecule has 2 aromatic carbocycles. The van der Waals surface area contributed by atoms with Crippen LogP contribution in [0.5, 0.6) is 0 Å². The van der Waals surface area contributed by atoms with E-state index < -0.39 is 0 Å². The third kappa shape index (κ3) is 3.85. The van der Waals surface area contributed by atoms with E-state index in [-0.39, 0.29) is 17.2 Å². The van der Waals surface area contributed by atoms with Crippen molar-refractivity contribution < 1.29 is 8.78 Å². The molecule has 0 aliphatic carbocycles. The smallest absolute Gasteiger partial charge is 0.260 e. The number of benzene rings is 2. The highest BCUT2D eigenvalue weighted by atomic mass is 32.1. The number of aromatic nitrogens is 2. The third-order valence-electron chi connectivity index (χ3n) is 4.41. The van der Waals surface area contributed by atoms with E-state index >= 15 is 0 Å². The van der Waals surface area contributed by atoms with E-state index in [2.05, 4.69) is 9.97 Å². The van der Waals surface area contributed by atoms with Crippen molar-refractivity contribution in [3.8, 4) is 11.1 Å². The van der Waals surface area contributed by atoms with E-state index in [4.69, 9.17) is 0 Å². The number of thiophene rings is 1. The SMILES string of the molecule is CN(Cc1cccc(F)c1)Cc1nc2scc(-c3ccc(F)cc3)c2c(=O)[nH]1. The first-order chi connectivity index (χ1) is 13.5. The highest BCUT2D eigenvalue weighted by Crippen LogP contribution is 2.30. The van der Waals surface area contributed by atoms with Crippen LogP contribution in [0.25, 0.3) is 21.3 Å². The van der Waals surface area contributed by atoms with Gasteiger partial charge in [-0.2, -0.15) is 0 Å². The molecule has 4 rings (SSSR count). The van der Waals surface area contributed by atoms with Crippen molar-refractivity contribution in [3.05, 3.63) is 87.3 Å². The summed E-state index contributed by atoms with van der Waals surface area (Å²) in [5.74, 6) is -0.0476. The summed E-state index contributed by atoms with van der Waals surface area (Å²) >= 11 is 1.38. The maximum absolute atomic E-state index is 13.3. The molecule has 4 nitrogen and oxygen atoms in total. The van der Waals surface area contributed by atoms with Crippen molar-refractivity contribution in [1.29, 1.82) is 0 Å². The first-order valence-electron chi connectivity index (χ1n) is 8.69. The number of fused-ring (bicyclic) bond motifs is 1. The second-order valence-corrected chi connectivity index (χ2v) is 7.51. The van der Waals surface area contributed by atoms with Gasteiger partial charge in [0.1, 0.15) is 22.3 Å². The van der Waals surface area contributed by atoms with Gasteiger partial charge in [-0.3, -0.25) is 9.69 Å². The van der Waals surface area contributed by atoms with Crippen LogP contribution in [-0.2, 0) is 13.1 Å². The Hall–Kier alpha value is -2.90. The van der Waals surface area contributed by atoms with Gasteiger partial charge in [0, 0.05) is 17.5 Å². The van der Waals surface area contributed by atoms with Crippen molar-refractivity contribution in [2.24, 2.45) is 0 Å². The minimum Gasteiger partial charge on any atom is -0.309 e. The van der Waals surface area contributed by atoms with Crippen molar-refractivity contribution in [2.45, 2.75) is 13.1 Å². The average Bonchev–Trinajstić information content (AvgIpc) is 3.06. The van der Waals surface area contributed by atoms with E-state index in [1.54, 1.807) is 18.2 Å². The van der Waals surface area contributed by atoms with E-state index in [0.29, 0.717) is 29.1 Å². The van der Waals surface area contributed by atoms with Gasteiger partial charge in [-0.25, -0.2) is 13.8 Å². The Bertz CT molecular complexity index is 1180. The number of hydrogen-bond acceptors (Lipinski definition) is 4. The highest BCUT2D eigenvalue weighted by Gasteiger charge is 2.14. The van der Waals surface area contributed by atoms with Crippen molar-refractivity contribution >= 4 is 21.6 Å². The molecule has 4 aromatic rings. The molecule has 0 bridgehead atoms. The molecule has 142 valence electrons. The molecule has 0 saturated carbocycles. The van der Waals surface area contributed by atoms with Crippen LogP contribution in [0.2, 0.25) is 0 Å². The van der Waals surface area contributed by atoms with Gasteiger partial charge < -0.3 is 4.98 Å². The van der Waals surface area contributed by atoms with Crippen LogP contribution < -0.4 is 5.56 Å². The number of nitrogens with zero attached hydrogens (tertiary/aromatic N) is 2. The summed E-state index contributed by atoms with van der Waals surface area (Å²) in [4.78, 5) is 22.7. The summed E-state index contributed by atoms with van der Waals surface area (Å²) in [6.45, 7) is 0.955. The zero-order chi connectivity index (χ0) is 19.7. The summed E-state index contributed by atoms with van der Waals surface area (Å²) in [5.41, 5.74) is 2.14. The Kier molecular flexibility index (Phi) is 5.02. The molecule has 0 radical (unpaired) electrons. The van der Waals surface area contributed by atoms with Gasteiger partial charge in [0.15, 0.2) is 0 Å². The number of halogens is 2. The molecule has 0 aliphatic rings. The molecule has 28 heavy (non-hydrogen) atoms. The maximum Gasteiger partial charge on any atom is 0.260 e. The molecule has 0 unspecified atom stereocenters. The monoisotopic (exact) mass is 397 g/mol. The van der Waals surface area contributed by atoms with Crippen LogP contribution in [-0.4, -0.2) is 21.9 Å². The van der Waals surface area contributed by atoms with Gasteiger partial charge in [-0.1, -0.05) is 24.3 Å².